The van der Waals surface area contributed by atoms with Gasteiger partial charge in [-0.1, -0.05) is 22.9 Å². The van der Waals surface area contributed by atoms with Crippen LogP contribution in [0, 0.1) is 0 Å². The van der Waals surface area contributed by atoms with Crippen molar-refractivity contribution in [2.45, 2.75) is 31.8 Å². The van der Waals surface area contributed by atoms with Gasteiger partial charge < -0.3 is 10.5 Å². The minimum Gasteiger partial charge on any atom is -0.490 e. The Labute approximate surface area is 98.9 Å². The lowest BCUT2D eigenvalue weighted by atomic mass is 10.0. The fourth-order valence-corrected chi connectivity index (χ4v) is 1.88. The van der Waals surface area contributed by atoms with Gasteiger partial charge >= 0.3 is 0 Å². The van der Waals surface area contributed by atoms with Crippen molar-refractivity contribution in [1.82, 2.24) is 0 Å². The molecular weight excluding hydrogens is 254 g/mol. The molecule has 1 aromatic carbocycles. The minimum absolute atomic E-state index is 0.344. The van der Waals surface area contributed by atoms with Gasteiger partial charge in [0.25, 0.3) is 0 Å². The first kappa shape index (κ1) is 11.0. The third-order valence-corrected chi connectivity index (χ3v) is 3.17. The van der Waals surface area contributed by atoms with E-state index in [1.807, 2.05) is 12.1 Å². The second-order valence-electron chi connectivity index (χ2n) is 4.14. The van der Waals surface area contributed by atoms with E-state index in [4.69, 9.17) is 10.5 Å². The summed E-state index contributed by atoms with van der Waals surface area (Å²) in [5, 5.41) is 0. The molecule has 2 nitrogen and oxygen atoms in total. The van der Waals surface area contributed by atoms with Gasteiger partial charge in [0.2, 0.25) is 0 Å². The third-order valence-electron chi connectivity index (χ3n) is 2.67. The van der Waals surface area contributed by atoms with Gasteiger partial charge in [0, 0.05) is 4.47 Å². The highest BCUT2D eigenvalue weighted by Gasteiger charge is 2.25. The van der Waals surface area contributed by atoms with Crippen LogP contribution in [0.2, 0.25) is 0 Å². The van der Waals surface area contributed by atoms with Crippen molar-refractivity contribution in [3.05, 3.63) is 28.2 Å². The number of benzene rings is 1. The van der Waals surface area contributed by atoms with Gasteiger partial charge in [-0.3, -0.25) is 0 Å². The Morgan fingerprint density at radius 2 is 2.27 bits per heavy atom. The average Bonchev–Trinajstić information content (AvgIpc) is 3.03. The van der Waals surface area contributed by atoms with Crippen molar-refractivity contribution < 1.29 is 4.74 Å². The van der Waals surface area contributed by atoms with Crippen molar-refractivity contribution in [2.24, 2.45) is 5.73 Å². The highest BCUT2D eigenvalue weighted by atomic mass is 79.9. The fourth-order valence-electron chi connectivity index (χ4n) is 1.50. The van der Waals surface area contributed by atoms with E-state index in [1.54, 1.807) is 0 Å². The van der Waals surface area contributed by atoms with Gasteiger partial charge in [-0.15, -0.1) is 0 Å². The smallest absolute Gasteiger partial charge is 0.123 e. The SMILES string of the molecule is CC(CN)c1cc(Br)ccc1OC1CC1. The second-order valence-corrected chi connectivity index (χ2v) is 5.05. The third kappa shape index (κ3) is 2.73. The zero-order valence-corrected chi connectivity index (χ0v) is 10.5. The molecule has 3 heteroatoms. The quantitative estimate of drug-likeness (QED) is 0.912. The summed E-state index contributed by atoms with van der Waals surface area (Å²) in [5.74, 6) is 1.34. The van der Waals surface area contributed by atoms with Crippen molar-refractivity contribution in [2.75, 3.05) is 6.54 Å². The largest absolute Gasteiger partial charge is 0.490 e. The van der Waals surface area contributed by atoms with E-state index >= 15 is 0 Å². The molecule has 0 saturated heterocycles. The van der Waals surface area contributed by atoms with Crippen LogP contribution in [0.5, 0.6) is 5.75 Å². The van der Waals surface area contributed by atoms with E-state index in [0.29, 0.717) is 18.6 Å². The maximum atomic E-state index is 5.86. The second kappa shape index (κ2) is 4.54. The number of ether oxygens (including phenoxy) is 1. The lowest BCUT2D eigenvalue weighted by Crippen LogP contribution is -2.11. The molecule has 2 N–H and O–H groups in total. The fraction of sp³-hybridized carbons (Fsp3) is 0.500. The number of nitrogens with two attached hydrogens (primary N) is 1. The molecule has 2 rings (SSSR count). The lowest BCUT2D eigenvalue weighted by molar-refractivity contribution is 0.298. The number of halogens is 1. The zero-order chi connectivity index (χ0) is 10.8. The van der Waals surface area contributed by atoms with Crippen LogP contribution in [0.1, 0.15) is 31.2 Å². The maximum Gasteiger partial charge on any atom is 0.123 e. The summed E-state index contributed by atoms with van der Waals surface area (Å²) in [7, 11) is 0. The van der Waals surface area contributed by atoms with E-state index in [0.717, 1.165) is 10.2 Å². The number of rotatable bonds is 4. The molecule has 0 heterocycles. The lowest BCUT2D eigenvalue weighted by Gasteiger charge is -2.15. The maximum absolute atomic E-state index is 5.86. The Morgan fingerprint density at radius 1 is 1.53 bits per heavy atom. The molecule has 1 unspecified atom stereocenters. The highest BCUT2D eigenvalue weighted by Crippen LogP contribution is 2.34. The van der Waals surface area contributed by atoms with Crippen molar-refractivity contribution in [3.8, 4) is 5.75 Å². The van der Waals surface area contributed by atoms with Crippen LogP contribution in [0.4, 0.5) is 0 Å². The zero-order valence-electron chi connectivity index (χ0n) is 8.87. The van der Waals surface area contributed by atoms with Crippen LogP contribution in [0.25, 0.3) is 0 Å². The van der Waals surface area contributed by atoms with E-state index in [-0.39, 0.29) is 0 Å². The van der Waals surface area contributed by atoms with Crippen LogP contribution in [-0.2, 0) is 0 Å². The molecule has 1 saturated carbocycles. The van der Waals surface area contributed by atoms with Gasteiger partial charge in [-0.25, -0.2) is 0 Å². The van der Waals surface area contributed by atoms with Crippen molar-refractivity contribution in [1.29, 1.82) is 0 Å². The van der Waals surface area contributed by atoms with E-state index in [2.05, 4.69) is 28.9 Å². The molecule has 1 aliphatic rings. The van der Waals surface area contributed by atoms with Crippen LogP contribution >= 0.6 is 15.9 Å². The summed E-state index contributed by atoms with van der Waals surface area (Å²) in [6.07, 6.45) is 2.81. The molecule has 1 aliphatic carbocycles. The Balaban J connectivity index is 2.25. The van der Waals surface area contributed by atoms with Gasteiger partial charge in [0.1, 0.15) is 5.75 Å². The minimum atomic E-state index is 0.344. The molecule has 0 aromatic heterocycles. The molecule has 0 bridgehead atoms. The molecule has 0 amide bonds. The first-order valence-electron chi connectivity index (χ1n) is 5.37. The number of hydrogen-bond donors (Lipinski definition) is 1. The summed E-state index contributed by atoms with van der Waals surface area (Å²) in [4.78, 5) is 0. The summed E-state index contributed by atoms with van der Waals surface area (Å²) in [6, 6.07) is 6.16. The van der Waals surface area contributed by atoms with Crippen LogP contribution < -0.4 is 10.5 Å². The first-order chi connectivity index (χ1) is 7.20. The van der Waals surface area contributed by atoms with Crippen LogP contribution in [0.15, 0.2) is 22.7 Å². The normalized spacial score (nSPS) is 17.5. The molecule has 0 spiro atoms. The molecular formula is C12H16BrNO. The molecule has 82 valence electrons. The number of hydrogen-bond acceptors (Lipinski definition) is 2. The van der Waals surface area contributed by atoms with Crippen molar-refractivity contribution in [3.63, 3.8) is 0 Å². The first-order valence-corrected chi connectivity index (χ1v) is 6.16. The average molecular weight is 270 g/mol. The van der Waals surface area contributed by atoms with Gasteiger partial charge in [0.15, 0.2) is 0 Å². The van der Waals surface area contributed by atoms with Crippen LogP contribution in [-0.4, -0.2) is 12.6 Å². The topological polar surface area (TPSA) is 35.2 Å². The molecule has 1 atom stereocenters. The van der Waals surface area contributed by atoms with E-state index in [1.165, 1.54) is 18.4 Å². The molecule has 1 fully saturated rings. The molecule has 0 aliphatic heterocycles. The van der Waals surface area contributed by atoms with E-state index < -0.39 is 0 Å². The summed E-state index contributed by atoms with van der Waals surface area (Å²) >= 11 is 3.48. The van der Waals surface area contributed by atoms with Crippen molar-refractivity contribution >= 4 is 15.9 Å². The molecule has 15 heavy (non-hydrogen) atoms. The predicted molar refractivity (Wildman–Crippen MR) is 65.3 cm³/mol. The van der Waals surface area contributed by atoms with Gasteiger partial charge in [-0.05, 0) is 49.1 Å². The predicted octanol–water partition coefficient (Wildman–Crippen LogP) is 3.05. The summed E-state index contributed by atoms with van der Waals surface area (Å²) in [5.41, 5.74) is 6.91. The standard InChI is InChI=1S/C12H16BrNO/c1-8(7-14)11-6-9(13)2-5-12(11)15-10-3-4-10/h2,5-6,8,10H,3-4,7,14H2,1H3. The van der Waals surface area contributed by atoms with Gasteiger partial charge in [0.05, 0.1) is 6.10 Å². The summed E-state index contributed by atoms with van der Waals surface area (Å²) < 4.78 is 6.94. The Kier molecular flexibility index (Phi) is 3.32. The van der Waals surface area contributed by atoms with E-state index in [9.17, 15) is 0 Å². The Hall–Kier alpha value is -0.540. The highest BCUT2D eigenvalue weighted by molar-refractivity contribution is 9.10. The summed E-state index contributed by atoms with van der Waals surface area (Å²) in [6.45, 7) is 2.78. The Bertz CT molecular complexity index is 349. The molecule has 0 radical (unpaired) electrons. The molecule has 1 aromatic rings. The monoisotopic (exact) mass is 269 g/mol. The van der Waals surface area contributed by atoms with Crippen LogP contribution in [0.3, 0.4) is 0 Å². The Morgan fingerprint density at radius 3 is 2.87 bits per heavy atom. The van der Waals surface area contributed by atoms with Gasteiger partial charge in [-0.2, -0.15) is 0 Å².